The molecule has 2 aliphatic rings. The van der Waals surface area contributed by atoms with Gasteiger partial charge in [-0.05, 0) is 12.8 Å². The van der Waals surface area contributed by atoms with Gasteiger partial charge in [-0.15, -0.1) is 0 Å². The highest BCUT2D eigenvalue weighted by Gasteiger charge is 2.27. The smallest absolute Gasteiger partial charge is 0.220 e. The fourth-order valence-electron chi connectivity index (χ4n) is 2.88. The molecule has 0 aromatic carbocycles. The van der Waals surface area contributed by atoms with Crippen LogP contribution in [0.1, 0.15) is 24.1 Å². The molecule has 0 radical (unpaired) electrons. The maximum Gasteiger partial charge on any atom is 0.220 e. The number of hydrogen-bond donors (Lipinski definition) is 0. The van der Waals surface area contributed by atoms with E-state index in [0.717, 1.165) is 24.1 Å². The van der Waals surface area contributed by atoms with Crippen molar-refractivity contribution in [2.24, 2.45) is 0 Å². The number of piperidine rings is 1. The van der Waals surface area contributed by atoms with Gasteiger partial charge in [-0.3, -0.25) is 0 Å². The molecule has 0 unspecified atom stereocenters. The molecule has 122 valence electrons. The van der Waals surface area contributed by atoms with Crippen molar-refractivity contribution in [1.29, 1.82) is 0 Å². The Morgan fingerprint density at radius 2 is 1.95 bits per heavy atom. The minimum Gasteiger partial charge on any atom is -0.474 e. The quantitative estimate of drug-likeness (QED) is 0.799. The normalized spacial score (nSPS) is 21.1. The van der Waals surface area contributed by atoms with E-state index in [-0.39, 0.29) is 6.10 Å². The Morgan fingerprint density at radius 1 is 1.23 bits per heavy atom. The summed E-state index contributed by atoms with van der Waals surface area (Å²) in [5, 5.41) is 0. The average Bonchev–Trinajstić information content (AvgIpc) is 2.73. The molecule has 0 atom stereocenters. The molecule has 2 aliphatic heterocycles. The zero-order valence-corrected chi connectivity index (χ0v) is 13.5. The van der Waals surface area contributed by atoms with Crippen LogP contribution in [0.5, 0.6) is 5.88 Å². The maximum absolute atomic E-state index is 11.5. The average molecular weight is 327 g/mol. The lowest BCUT2D eigenvalue weighted by Crippen LogP contribution is -2.41. The molecule has 1 fully saturated rings. The summed E-state index contributed by atoms with van der Waals surface area (Å²) in [5.74, 6) is 0.633. The van der Waals surface area contributed by atoms with E-state index >= 15 is 0 Å². The minimum absolute atomic E-state index is 0.00108. The molecule has 1 aromatic rings. The van der Waals surface area contributed by atoms with E-state index in [0.29, 0.717) is 45.0 Å². The van der Waals surface area contributed by atoms with E-state index in [1.54, 1.807) is 0 Å². The molecule has 3 rings (SSSR count). The Morgan fingerprint density at radius 3 is 2.68 bits per heavy atom. The van der Waals surface area contributed by atoms with E-state index < -0.39 is 10.0 Å². The van der Waals surface area contributed by atoms with Gasteiger partial charge in [0.1, 0.15) is 12.4 Å². The molecule has 0 N–H and O–H groups in total. The first-order valence-corrected chi connectivity index (χ1v) is 9.41. The van der Waals surface area contributed by atoms with Gasteiger partial charge in [0.05, 0.1) is 25.2 Å². The third kappa shape index (κ3) is 3.56. The Hall–Kier alpha value is -1.25. The summed E-state index contributed by atoms with van der Waals surface area (Å²) in [7, 11) is -3.11. The van der Waals surface area contributed by atoms with Crippen LogP contribution in [0.4, 0.5) is 0 Å². The third-order valence-corrected chi connectivity index (χ3v) is 5.43. The molecular formula is C14H21N3O4S. The number of rotatable bonds is 3. The van der Waals surface area contributed by atoms with E-state index in [1.807, 2.05) is 0 Å². The van der Waals surface area contributed by atoms with Crippen LogP contribution in [0, 0.1) is 0 Å². The third-order valence-electron chi connectivity index (χ3n) is 4.12. The fourth-order valence-corrected chi connectivity index (χ4v) is 3.76. The van der Waals surface area contributed by atoms with Crippen LogP contribution in [-0.2, 0) is 27.6 Å². The first-order chi connectivity index (χ1) is 10.5. The van der Waals surface area contributed by atoms with Crippen LogP contribution >= 0.6 is 0 Å². The second kappa shape index (κ2) is 6.47. The first kappa shape index (κ1) is 15.6. The largest absolute Gasteiger partial charge is 0.474 e. The molecule has 1 saturated heterocycles. The number of fused-ring (bicyclic) bond motifs is 1. The minimum atomic E-state index is -3.11. The second-order valence-corrected chi connectivity index (χ2v) is 7.68. The Bertz CT molecular complexity index is 627. The predicted octanol–water partition coefficient (Wildman–Crippen LogP) is 0.395. The van der Waals surface area contributed by atoms with Gasteiger partial charge in [0.25, 0.3) is 0 Å². The lowest BCUT2D eigenvalue weighted by Gasteiger charge is -2.30. The van der Waals surface area contributed by atoms with Gasteiger partial charge in [-0.2, -0.15) is 0 Å². The summed E-state index contributed by atoms with van der Waals surface area (Å²) in [5.41, 5.74) is 2.03. The molecule has 0 amide bonds. The molecule has 3 heterocycles. The monoisotopic (exact) mass is 327 g/mol. The van der Waals surface area contributed by atoms with Crippen LogP contribution in [0.2, 0.25) is 0 Å². The van der Waals surface area contributed by atoms with E-state index in [9.17, 15) is 8.42 Å². The summed E-state index contributed by atoms with van der Waals surface area (Å²) in [6.45, 7) is 2.33. The van der Waals surface area contributed by atoms with Crippen molar-refractivity contribution in [3.05, 3.63) is 17.6 Å². The van der Waals surface area contributed by atoms with Crippen LogP contribution in [0.15, 0.2) is 6.33 Å². The number of ether oxygens (including phenoxy) is 2. The number of aromatic nitrogens is 2. The summed E-state index contributed by atoms with van der Waals surface area (Å²) in [6.07, 6.45) is 5.68. The Labute approximate surface area is 130 Å². The van der Waals surface area contributed by atoms with Gasteiger partial charge >= 0.3 is 0 Å². The van der Waals surface area contributed by atoms with Crippen LogP contribution < -0.4 is 4.74 Å². The molecule has 7 nitrogen and oxygen atoms in total. The van der Waals surface area contributed by atoms with Gasteiger partial charge in [-0.1, -0.05) is 0 Å². The van der Waals surface area contributed by atoms with E-state index in [1.165, 1.54) is 16.9 Å². The van der Waals surface area contributed by atoms with Crippen LogP contribution in [-0.4, -0.2) is 61.4 Å². The number of sulfonamides is 1. The molecule has 8 heteroatoms. The predicted molar refractivity (Wildman–Crippen MR) is 80.3 cm³/mol. The van der Waals surface area contributed by atoms with Crippen molar-refractivity contribution >= 4 is 10.0 Å². The van der Waals surface area contributed by atoms with Gasteiger partial charge in [0, 0.05) is 31.5 Å². The van der Waals surface area contributed by atoms with Crippen LogP contribution in [0.25, 0.3) is 0 Å². The van der Waals surface area contributed by atoms with Crippen LogP contribution in [0.3, 0.4) is 0 Å². The van der Waals surface area contributed by atoms with Gasteiger partial charge in [0.15, 0.2) is 0 Å². The summed E-state index contributed by atoms with van der Waals surface area (Å²) < 4.78 is 36.1. The molecule has 0 spiro atoms. The maximum atomic E-state index is 11.5. The highest BCUT2D eigenvalue weighted by Crippen LogP contribution is 2.25. The molecule has 0 bridgehead atoms. The van der Waals surface area contributed by atoms with E-state index in [2.05, 4.69) is 9.97 Å². The lowest BCUT2D eigenvalue weighted by atomic mass is 10.1. The summed E-state index contributed by atoms with van der Waals surface area (Å²) in [4.78, 5) is 8.59. The fraction of sp³-hybridized carbons (Fsp3) is 0.714. The topological polar surface area (TPSA) is 81.6 Å². The SMILES string of the molecule is CS(=O)(=O)N1CCC(Oc2ncnc3c2CCOCC3)CC1. The molecule has 1 aromatic heterocycles. The second-order valence-electron chi connectivity index (χ2n) is 5.70. The Balaban J connectivity index is 1.68. The van der Waals surface area contributed by atoms with Crippen molar-refractivity contribution in [2.75, 3.05) is 32.6 Å². The number of nitrogens with zero attached hydrogens (tertiary/aromatic N) is 3. The van der Waals surface area contributed by atoms with E-state index in [4.69, 9.17) is 9.47 Å². The van der Waals surface area contributed by atoms with Crippen molar-refractivity contribution in [3.8, 4) is 5.88 Å². The Kier molecular flexibility index (Phi) is 4.60. The molecule has 0 saturated carbocycles. The van der Waals surface area contributed by atoms with Gasteiger partial charge in [-0.25, -0.2) is 22.7 Å². The van der Waals surface area contributed by atoms with Crippen molar-refractivity contribution < 1.29 is 17.9 Å². The highest BCUT2D eigenvalue weighted by atomic mass is 32.2. The lowest BCUT2D eigenvalue weighted by molar-refractivity contribution is 0.126. The summed E-state index contributed by atoms with van der Waals surface area (Å²) >= 11 is 0. The highest BCUT2D eigenvalue weighted by molar-refractivity contribution is 7.88. The zero-order valence-electron chi connectivity index (χ0n) is 12.7. The molecule has 22 heavy (non-hydrogen) atoms. The summed E-state index contributed by atoms with van der Waals surface area (Å²) in [6, 6.07) is 0. The van der Waals surface area contributed by atoms with Crippen molar-refractivity contribution in [2.45, 2.75) is 31.8 Å². The molecule has 0 aliphatic carbocycles. The van der Waals surface area contributed by atoms with Crippen molar-refractivity contribution in [3.63, 3.8) is 0 Å². The van der Waals surface area contributed by atoms with Gasteiger partial charge < -0.3 is 9.47 Å². The first-order valence-electron chi connectivity index (χ1n) is 7.56. The molecular weight excluding hydrogens is 306 g/mol. The number of hydrogen-bond acceptors (Lipinski definition) is 6. The standard InChI is InChI=1S/C14H21N3O4S/c1-22(18,19)17-6-2-11(3-7-17)21-14-12-4-8-20-9-5-13(12)15-10-16-14/h10-11H,2-9H2,1H3. The zero-order chi connectivity index (χ0) is 15.6. The van der Waals surface area contributed by atoms with Crippen molar-refractivity contribution in [1.82, 2.24) is 14.3 Å². The van der Waals surface area contributed by atoms with Gasteiger partial charge in [0.2, 0.25) is 15.9 Å².